The van der Waals surface area contributed by atoms with Crippen LogP contribution in [0.25, 0.3) is 0 Å². The van der Waals surface area contributed by atoms with Crippen LogP contribution < -0.4 is 10.6 Å². The Morgan fingerprint density at radius 3 is 2.80 bits per heavy atom. The number of nitrogens with one attached hydrogen (secondary N) is 2. The molecule has 6 nitrogen and oxygen atoms in total. The molecule has 0 spiro atoms. The molecule has 1 atom stereocenters. The van der Waals surface area contributed by atoms with Crippen molar-refractivity contribution in [3.8, 4) is 0 Å². The highest BCUT2D eigenvalue weighted by Crippen LogP contribution is 2.26. The molecule has 2 aliphatic rings. The smallest absolute Gasteiger partial charge is 0.273 e. The Bertz CT molecular complexity index is 462. The van der Waals surface area contributed by atoms with Gasteiger partial charge in [0, 0.05) is 19.1 Å². The second kappa shape index (κ2) is 5.91. The Kier molecular flexibility index (Phi) is 4.00. The lowest BCUT2D eigenvalue weighted by Gasteiger charge is -2.28. The molecule has 1 aliphatic carbocycles. The zero-order valence-corrected chi connectivity index (χ0v) is 12.0. The fourth-order valence-electron chi connectivity index (χ4n) is 3.05. The van der Waals surface area contributed by atoms with E-state index in [1.165, 1.54) is 32.1 Å². The highest BCUT2D eigenvalue weighted by molar-refractivity contribution is 5.92. The Balaban J connectivity index is 1.56. The van der Waals surface area contributed by atoms with Gasteiger partial charge in [0.2, 0.25) is 0 Å². The van der Waals surface area contributed by atoms with Crippen molar-refractivity contribution in [3.05, 3.63) is 11.9 Å². The van der Waals surface area contributed by atoms with E-state index in [0.717, 1.165) is 13.1 Å². The van der Waals surface area contributed by atoms with E-state index in [-0.39, 0.29) is 11.9 Å². The molecule has 6 heteroatoms. The fourth-order valence-corrected chi connectivity index (χ4v) is 3.05. The van der Waals surface area contributed by atoms with Crippen LogP contribution in [-0.4, -0.2) is 40.0 Å². The van der Waals surface area contributed by atoms with E-state index < -0.39 is 0 Å². The highest BCUT2D eigenvalue weighted by atomic mass is 16.2. The first kappa shape index (κ1) is 13.5. The van der Waals surface area contributed by atoms with Crippen LogP contribution in [0.15, 0.2) is 6.20 Å². The van der Waals surface area contributed by atoms with Crippen molar-refractivity contribution in [2.75, 3.05) is 13.1 Å². The van der Waals surface area contributed by atoms with Crippen LogP contribution in [0.4, 0.5) is 0 Å². The largest absolute Gasteiger partial charge is 0.348 e. The molecular formula is C14H23N5O. The number of aromatic nitrogens is 3. The molecule has 1 saturated heterocycles. The van der Waals surface area contributed by atoms with E-state index in [9.17, 15) is 4.79 Å². The molecule has 0 bridgehead atoms. The lowest BCUT2D eigenvalue weighted by Crippen LogP contribution is -2.43. The van der Waals surface area contributed by atoms with E-state index in [4.69, 9.17) is 0 Å². The normalized spacial score (nSPS) is 22.2. The number of carbonyl (C=O) groups excluding carboxylic acids is 1. The summed E-state index contributed by atoms with van der Waals surface area (Å²) in [4.78, 5) is 12.2. The number of amides is 1. The predicted molar refractivity (Wildman–Crippen MR) is 75.4 cm³/mol. The van der Waals surface area contributed by atoms with Gasteiger partial charge >= 0.3 is 0 Å². The minimum absolute atomic E-state index is 0.0957. The maximum atomic E-state index is 12.2. The average Bonchev–Trinajstić information content (AvgIpc) is 2.87. The minimum atomic E-state index is -0.0957. The summed E-state index contributed by atoms with van der Waals surface area (Å²) >= 11 is 0. The van der Waals surface area contributed by atoms with Gasteiger partial charge in [0.25, 0.3) is 5.91 Å². The molecule has 110 valence electrons. The van der Waals surface area contributed by atoms with Crippen molar-refractivity contribution in [2.24, 2.45) is 5.92 Å². The third kappa shape index (κ3) is 2.85. The number of rotatable bonds is 4. The van der Waals surface area contributed by atoms with Crippen molar-refractivity contribution in [1.82, 2.24) is 25.6 Å². The van der Waals surface area contributed by atoms with Crippen molar-refractivity contribution in [3.63, 3.8) is 0 Å². The van der Waals surface area contributed by atoms with E-state index in [1.54, 1.807) is 10.9 Å². The van der Waals surface area contributed by atoms with Gasteiger partial charge in [-0.15, -0.1) is 5.10 Å². The van der Waals surface area contributed by atoms with Crippen molar-refractivity contribution in [1.29, 1.82) is 0 Å². The van der Waals surface area contributed by atoms with Gasteiger partial charge in [0.15, 0.2) is 5.69 Å². The lowest BCUT2D eigenvalue weighted by molar-refractivity contribution is 0.0914. The second-order valence-corrected chi connectivity index (χ2v) is 6.06. The first-order valence-corrected chi connectivity index (χ1v) is 7.67. The summed E-state index contributed by atoms with van der Waals surface area (Å²) < 4.78 is 1.79. The molecule has 1 aromatic rings. The van der Waals surface area contributed by atoms with Crippen molar-refractivity contribution in [2.45, 2.75) is 51.1 Å². The monoisotopic (exact) mass is 277 g/mol. The molecule has 3 rings (SSSR count). The summed E-state index contributed by atoms with van der Waals surface area (Å²) in [6.07, 6.45) is 8.12. The fraction of sp³-hybridized carbons (Fsp3) is 0.786. The molecule has 1 aromatic heterocycles. The quantitative estimate of drug-likeness (QED) is 0.865. The van der Waals surface area contributed by atoms with Gasteiger partial charge in [-0.1, -0.05) is 24.5 Å². The molecule has 0 aromatic carbocycles. The van der Waals surface area contributed by atoms with Crippen LogP contribution in [0.1, 0.15) is 55.6 Å². The third-order valence-electron chi connectivity index (χ3n) is 4.59. The first-order valence-electron chi connectivity index (χ1n) is 7.67. The Labute approximate surface area is 119 Å². The van der Waals surface area contributed by atoms with Crippen molar-refractivity contribution < 1.29 is 4.79 Å². The van der Waals surface area contributed by atoms with Crippen LogP contribution in [0, 0.1) is 5.92 Å². The van der Waals surface area contributed by atoms with Crippen LogP contribution in [0.3, 0.4) is 0 Å². The van der Waals surface area contributed by atoms with Gasteiger partial charge in [-0.3, -0.25) is 4.79 Å². The molecule has 0 unspecified atom stereocenters. The molecule has 2 N–H and O–H groups in total. The standard InChI is InChI=1S/C14H23N5O/c1-10(11-5-3-2-4-6-11)16-14(20)13-9-19(18-17-13)12-7-15-8-12/h9-12,15H,2-8H2,1H3,(H,16,20)/t10-/m1/s1. The molecule has 1 saturated carbocycles. The topological polar surface area (TPSA) is 71.8 Å². The molecule has 1 amide bonds. The minimum Gasteiger partial charge on any atom is -0.348 e. The molecule has 2 fully saturated rings. The average molecular weight is 277 g/mol. The highest BCUT2D eigenvalue weighted by Gasteiger charge is 2.24. The zero-order chi connectivity index (χ0) is 13.9. The van der Waals surface area contributed by atoms with Gasteiger partial charge < -0.3 is 10.6 Å². The molecule has 1 aliphatic heterocycles. The van der Waals surface area contributed by atoms with Crippen LogP contribution in [0.2, 0.25) is 0 Å². The van der Waals surface area contributed by atoms with Crippen LogP contribution >= 0.6 is 0 Å². The maximum absolute atomic E-state index is 12.2. The van der Waals surface area contributed by atoms with Gasteiger partial charge in [-0.25, -0.2) is 4.68 Å². The SMILES string of the molecule is C[C@@H](NC(=O)c1cn(C2CNC2)nn1)C1CCCCC1. The Morgan fingerprint density at radius 2 is 2.15 bits per heavy atom. The number of hydrogen-bond acceptors (Lipinski definition) is 4. The number of carbonyl (C=O) groups is 1. The van der Waals surface area contributed by atoms with Gasteiger partial charge in [0.1, 0.15) is 0 Å². The summed E-state index contributed by atoms with van der Waals surface area (Å²) in [5.74, 6) is 0.514. The predicted octanol–water partition coefficient (Wildman–Crippen LogP) is 1.12. The lowest BCUT2D eigenvalue weighted by atomic mass is 9.84. The molecule has 2 heterocycles. The second-order valence-electron chi connectivity index (χ2n) is 6.06. The Morgan fingerprint density at radius 1 is 1.40 bits per heavy atom. The first-order chi connectivity index (χ1) is 9.74. The van der Waals surface area contributed by atoms with Crippen molar-refractivity contribution >= 4 is 5.91 Å². The van der Waals surface area contributed by atoms with E-state index in [1.807, 2.05) is 0 Å². The van der Waals surface area contributed by atoms with E-state index in [0.29, 0.717) is 17.7 Å². The van der Waals surface area contributed by atoms with Gasteiger partial charge in [-0.05, 0) is 25.7 Å². The summed E-state index contributed by atoms with van der Waals surface area (Å²) in [5.41, 5.74) is 0.430. The van der Waals surface area contributed by atoms with Crippen LogP contribution in [0.5, 0.6) is 0 Å². The summed E-state index contributed by atoms with van der Waals surface area (Å²) in [7, 11) is 0. The van der Waals surface area contributed by atoms with E-state index in [2.05, 4.69) is 27.9 Å². The van der Waals surface area contributed by atoms with Gasteiger partial charge in [0.05, 0.1) is 12.2 Å². The maximum Gasteiger partial charge on any atom is 0.273 e. The van der Waals surface area contributed by atoms with Gasteiger partial charge in [-0.2, -0.15) is 0 Å². The number of nitrogens with zero attached hydrogens (tertiary/aromatic N) is 3. The Hall–Kier alpha value is -1.43. The molecular weight excluding hydrogens is 254 g/mol. The molecule has 0 radical (unpaired) electrons. The third-order valence-corrected chi connectivity index (χ3v) is 4.59. The van der Waals surface area contributed by atoms with Crippen LogP contribution in [-0.2, 0) is 0 Å². The summed E-state index contributed by atoms with van der Waals surface area (Å²) in [6.45, 7) is 3.92. The summed E-state index contributed by atoms with van der Waals surface area (Å²) in [6, 6.07) is 0.568. The van der Waals surface area contributed by atoms with E-state index >= 15 is 0 Å². The number of hydrogen-bond donors (Lipinski definition) is 2. The summed E-state index contributed by atoms with van der Waals surface area (Å²) in [5, 5.41) is 14.3. The molecule has 20 heavy (non-hydrogen) atoms. The zero-order valence-electron chi connectivity index (χ0n) is 12.0.